The summed E-state index contributed by atoms with van der Waals surface area (Å²) in [7, 11) is 0. The summed E-state index contributed by atoms with van der Waals surface area (Å²) in [6.45, 7) is 5.63. The van der Waals surface area contributed by atoms with Crippen molar-refractivity contribution in [1.29, 1.82) is 0 Å². The number of hydrogen-bond acceptors (Lipinski definition) is 3. The molecule has 0 spiro atoms. The van der Waals surface area contributed by atoms with Crippen molar-refractivity contribution in [3.63, 3.8) is 0 Å². The Hall–Kier alpha value is -1.82. The van der Waals surface area contributed by atoms with Crippen LogP contribution in [-0.2, 0) is 0 Å². The number of nitrogens with one attached hydrogen (secondary N) is 2. The molecule has 0 saturated carbocycles. The highest BCUT2D eigenvalue weighted by molar-refractivity contribution is 7.80. The maximum Gasteiger partial charge on any atom is 0.175 e. The van der Waals surface area contributed by atoms with E-state index >= 15 is 0 Å². The SMILES string of the molecule is CCN(CCO)c1ccc(NC(=S)Nc2ccc(C)c(Cl)c2)cc1. The van der Waals surface area contributed by atoms with E-state index in [-0.39, 0.29) is 6.61 Å². The molecule has 0 aliphatic heterocycles. The molecule has 0 unspecified atom stereocenters. The number of aliphatic hydroxyl groups is 1. The van der Waals surface area contributed by atoms with Gasteiger partial charge in [-0.1, -0.05) is 17.7 Å². The smallest absolute Gasteiger partial charge is 0.175 e. The van der Waals surface area contributed by atoms with E-state index in [1.54, 1.807) is 0 Å². The first-order chi connectivity index (χ1) is 11.5. The first-order valence-corrected chi connectivity index (χ1v) is 8.62. The van der Waals surface area contributed by atoms with Crippen molar-refractivity contribution in [2.75, 3.05) is 35.2 Å². The van der Waals surface area contributed by atoms with E-state index in [2.05, 4.69) is 22.5 Å². The van der Waals surface area contributed by atoms with Crippen LogP contribution in [0.5, 0.6) is 0 Å². The lowest BCUT2D eigenvalue weighted by molar-refractivity contribution is 0.302. The second kappa shape index (κ2) is 8.87. The maximum absolute atomic E-state index is 9.09. The second-order valence-corrected chi connectivity index (χ2v) is 6.21. The van der Waals surface area contributed by atoms with Gasteiger partial charge in [0.25, 0.3) is 0 Å². The molecule has 0 aliphatic rings. The number of anilines is 3. The minimum atomic E-state index is 0.140. The zero-order valence-electron chi connectivity index (χ0n) is 13.8. The van der Waals surface area contributed by atoms with Gasteiger partial charge in [-0.25, -0.2) is 0 Å². The summed E-state index contributed by atoms with van der Waals surface area (Å²) in [5.74, 6) is 0. The number of aliphatic hydroxyl groups excluding tert-OH is 1. The van der Waals surface area contributed by atoms with Crippen LogP contribution >= 0.6 is 23.8 Å². The van der Waals surface area contributed by atoms with E-state index in [0.717, 1.165) is 29.2 Å². The summed E-state index contributed by atoms with van der Waals surface area (Å²) in [6, 6.07) is 13.7. The molecule has 0 fully saturated rings. The molecule has 4 nitrogen and oxygen atoms in total. The van der Waals surface area contributed by atoms with E-state index in [1.165, 1.54) is 0 Å². The predicted octanol–water partition coefficient (Wildman–Crippen LogP) is 4.28. The van der Waals surface area contributed by atoms with Gasteiger partial charge in [0, 0.05) is 35.2 Å². The fraction of sp³-hybridized carbons (Fsp3) is 0.278. The van der Waals surface area contributed by atoms with Gasteiger partial charge in [0.15, 0.2) is 5.11 Å². The Morgan fingerprint density at radius 2 is 1.75 bits per heavy atom. The van der Waals surface area contributed by atoms with Crippen molar-refractivity contribution in [2.45, 2.75) is 13.8 Å². The number of rotatable bonds is 6. The Labute approximate surface area is 153 Å². The topological polar surface area (TPSA) is 47.5 Å². The minimum Gasteiger partial charge on any atom is -0.395 e. The van der Waals surface area contributed by atoms with Crippen LogP contribution in [0.15, 0.2) is 42.5 Å². The summed E-state index contributed by atoms with van der Waals surface area (Å²) in [6.07, 6.45) is 0. The molecule has 0 radical (unpaired) electrons. The van der Waals surface area contributed by atoms with Crippen molar-refractivity contribution in [3.8, 4) is 0 Å². The van der Waals surface area contributed by atoms with Crippen molar-refractivity contribution in [3.05, 3.63) is 53.1 Å². The van der Waals surface area contributed by atoms with Crippen LogP contribution in [0, 0.1) is 6.92 Å². The van der Waals surface area contributed by atoms with Gasteiger partial charge in [-0.15, -0.1) is 0 Å². The van der Waals surface area contributed by atoms with Crippen molar-refractivity contribution >= 4 is 46.0 Å². The van der Waals surface area contributed by atoms with Crippen LogP contribution in [-0.4, -0.2) is 29.9 Å². The molecular weight excluding hydrogens is 342 g/mol. The summed E-state index contributed by atoms with van der Waals surface area (Å²) < 4.78 is 0. The average Bonchev–Trinajstić information content (AvgIpc) is 2.57. The summed E-state index contributed by atoms with van der Waals surface area (Å²) >= 11 is 11.5. The van der Waals surface area contributed by atoms with Crippen LogP contribution < -0.4 is 15.5 Å². The van der Waals surface area contributed by atoms with Crippen LogP contribution in [0.4, 0.5) is 17.1 Å². The fourth-order valence-electron chi connectivity index (χ4n) is 2.31. The zero-order chi connectivity index (χ0) is 17.5. The van der Waals surface area contributed by atoms with E-state index in [9.17, 15) is 0 Å². The van der Waals surface area contributed by atoms with Crippen LogP contribution in [0.25, 0.3) is 0 Å². The molecule has 3 N–H and O–H groups in total. The third-order valence-electron chi connectivity index (χ3n) is 3.67. The summed E-state index contributed by atoms with van der Waals surface area (Å²) in [5.41, 5.74) is 3.84. The van der Waals surface area contributed by atoms with Gasteiger partial charge in [-0.3, -0.25) is 0 Å². The number of likely N-dealkylation sites (N-methyl/N-ethyl adjacent to an activating group) is 1. The maximum atomic E-state index is 9.09. The molecule has 2 aromatic rings. The number of halogens is 1. The van der Waals surface area contributed by atoms with Gasteiger partial charge in [0.2, 0.25) is 0 Å². The molecule has 0 saturated heterocycles. The highest BCUT2D eigenvalue weighted by Crippen LogP contribution is 2.21. The molecule has 0 aromatic heterocycles. The highest BCUT2D eigenvalue weighted by atomic mass is 35.5. The quantitative estimate of drug-likeness (QED) is 0.669. The van der Waals surface area contributed by atoms with Crippen molar-refractivity contribution in [2.24, 2.45) is 0 Å². The predicted molar refractivity (Wildman–Crippen MR) is 107 cm³/mol. The van der Waals surface area contributed by atoms with Gasteiger partial charge in [0.1, 0.15) is 0 Å². The normalized spacial score (nSPS) is 10.3. The van der Waals surface area contributed by atoms with Crippen LogP contribution in [0.2, 0.25) is 5.02 Å². The van der Waals surface area contributed by atoms with Gasteiger partial charge >= 0.3 is 0 Å². The number of hydrogen-bond donors (Lipinski definition) is 3. The van der Waals surface area contributed by atoms with Crippen molar-refractivity contribution in [1.82, 2.24) is 0 Å². The number of benzene rings is 2. The number of thiocarbonyl (C=S) groups is 1. The zero-order valence-corrected chi connectivity index (χ0v) is 15.4. The molecule has 2 rings (SSSR count). The summed E-state index contributed by atoms with van der Waals surface area (Å²) in [4.78, 5) is 2.11. The van der Waals surface area contributed by atoms with Crippen LogP contribution in [0.1, 0.15) is 12.5 Å². The van der Waals surface area contributed by atoms with E-state index in [1.807, 2.05) is 49.4 Å². The molecular formula is C18H22ClN3OS. The van der Waals surface area contributed by atoms with Crippen molar-refractivity contribution < 1.29 is 5.11 Å². The first kappa shape index (κ1) is 18.5. The second-order valence-electron chi connectivity index (χ2n) is 5.39. The third-order valence-corrected chi connectivity index (χ3v) is 4.28. The Morgan fingerprint density at radius 1 is 1.12 bits per heavy atom. The van der Waals surface area contributed by atoms with Gasteiger partial charge < -0.3 is 20.6 Å². The molecule has 0 bridgehead atoms. The van der Waals surface area contributed by atoms with Gasteiger partial charge in [0.05, 0.1) is 6.61 Å². The average molecular weight is 364 g/mol. The Kier molecular flexibility index (Phi) is 6.85. The Balaban J connectivity index is 1.97. The molecule has 2 aromatic carbocycles. The first-order valence-electron chi connectivity index (χ1n) is 7.83. The molecule has 0 atom stereocenters. The lowest BCUT2D eigenvalue weighted by Crippen LogP contribution is -2.26. The molecule has 0 amide bonds. The standard InChI is InChI=1S/C18H22ClN3OS/c1-3-22(10-11-23)16-8-6-14(7-9-16)20-18(24)21-15-5-4-13(2)17(19)12-15/h4-9,12,23H,3,10-11H2,1-2H3,(H2,20,21,24). The lowest BCUT2D eigenvalue weighted by atomic mass is 10.2. The van der Waals surface area contributed by atoms with Gasteiger partial charge in [-0.2, -0.15) is 0 Å². The molecule has 128 valence electrons. The Morgan fingerprint density at radius 3 is 2.33 bits per heavy atom. The summed E-state index contributed by atoms with van der Waals surface area (Å²) in [5, 5.41) is 16.6. The highest BCUT2D eigenvalue weighted by Gasteiger charge is 2.05. The molecule has 0 heterocycles. The lowest BCUT2D eigenvalue weighted by Gasteiger charge is -2.22. The third kappa shape index (κ3) is 5.09. The van der Waals surface area contributed by atoms with E-state index in [4.69, 9.17) is 28.9 Å². The molecule has 0 aliphatic carbocycles. The largest absolute Gasteiger partial charge is 0.395 e. The molecule has 24 heavy (non-hydrogen) atoms. The van der Waals surface area contributed by atoms with E-state index in [0.29, 0.717) is 16.7 Å². The number of aryl methyl sites for hydroxylation is 1. The number of nitrogens with zero attached hydrogens (tertiary/aromatic N) is 1. The Bertz CT molecular complexity index is 691. The van der Waals surface area contributed by atoms with E-state index < -0.39 is 0 Å². The monoisotopic (exact) mass is 363 g/mol. The molecule has 6 heteroatoms. The fourth-order valence-corrected chi connectivity index (χ4v) is 2.73. The van der Waals surface area contributed by atoms with Crippen LogP contribution in [0.3, 0.4) is 0 Å². The minimum absolute atomic E-state index is 0.140. The van der Waals surface area contributed by atoms with Gasteiger partial charge in [-0.05, 0) is 68.0 Å².